The monoisotopic (exact) mass is 467 g/mol. The molecule has 0 atom stereocenters. The van der Waals surface area contributed by atoms with Gasteiger partial charge in [0, 0.05) is 16.0 Å². The number of hydrazone groups is 1. The van der Waals surface area contributed by atoms with Crippen LogP contribution < -0.4 is 10.2 Å². The van der Waals surface area contributed by atoms with Crippen molar-refractivity contribution in [1.29, 1.82) is 0 Å². The van der Waals surface area contributed by atoms with Crippen LogP contribution in [0.25, 0.3) is 11.3 Å². The van der Waals surface area contributed by atoms with Crippen molar-refractivity contribution < 1.29 is 9.53 Å². The predicted octanol–water partition coefficient (Wildman–Crippen LogP) is 6.78. The Morgan fingerprint density at radius 1 is 1.00 bits per heavy atom. The van der Waals surface area contributed by atoms with Crippen LogP contribution >= 0.6 is 34.5 Å². The largest absolute Gasteiger partial charge is 0.423 e. The van der Waals surface area contributed by atoms with Crippen molar-refractivity contribution in [3.8, 4) is 17.0 Å². The van der Waals surface area contributed by atoms with Crippen LogP contribution in [0.2, 0.25) is 10.0 Å². The molecular weight excluding hydrogens is 453 g/mol. The molecule has 1 N–H and O–H groups in total. The van der Waals surface area contributed by atoms with Crippen LogP contribution in [0.15, 0.2) is 83.3 Å². The topological polar surface area (TPSA) is 63.6 Å². The SMILES string of the molecule is O=C(Oc1ccc(/C=N\Nc2nc(-c3ccc(Cl)cc3)cs2)cc1)c1ccccc1Cl. The minimum absolute atomic E-state index is 0.320. The molecule has 0 radical (unpaired) electrons. The highest BCUT2D eigenvalue weighted by Crippen LogP contribution is 2.26. The Labute approximate surface area is 192 Å². The van der Waals surface area contributed by atoms with E-state index in [2.05, 4.69) is 15.5 Å². The van der Waals surface area contributed by atoms with Gasteiger partial charge in [0.15, 0.2) is 0 Å². The summed E-state index contributed by atoms with van der Waals surface area (Å²) < 4.78 is 5.36. The Balaban J connectivity index is 1.34. The molecule has 1 aromatic heterocycles. The van der Waals surface area contributed by atoms with E-state index >= 15 is 0 Å². The molecule has 8 heteroatoms. The lowest BCUT2D eigenvalue weighted by Crippen LogP contribution is -2.08. The van der Waals surface area contributed by atoms with E-state index in [9.17, 15) is 4.79 Å². The average Bonchev–Trinajstić information content (AvgIpc) is 3.24. The van der Waals surface area contributed by atoms with E-state index in [4.69, 9.17) is 27.9 Å². The van der Waals surface area contributed by atoms with Gasteiger partial charge in [0.2, 0.25) is 5.13 Å². The normalized spacial score (nSPS) is 10.9. The molecule has 31 heavy (non-hydrogen) atoms. The molecule has 0 saturated carbocycles. The van der Waals surface area contributed by atoms with Gasteiger partial charge in [-0.05, 0) is 54.1 Å². The third-order valence-electron chi connectivity index (χ3n) is 4.20. The summed E-state index contributed by atoms with van der Waals surface area (Å²) in [5.74, 6) is -0.0866. The van der Waals surface area contributed by atoms with Crippen LogP contribution in [0.4, 0.5) is 5.13 Å². The summed E-state index contributed by atoms with van der Waals surface area (Å²) in [5.41, 5.74) is 5.91. The highest BCUT2D eigenvalue weighted by atomic mass is 35.5. The first-order chi connectivity index (χ1) is 15.1. The fourth-order valence-corrected chi connectivity index (χ4v) is 3.66. The van der Waals surface area contributed by atoms with Gasteiger partial charge in [-0.1, -0.05) is 47.5 Å². The van der Waals surface area contributed by atoms with E-state index in [1.807, 2.05) is 29.6 Å². The molecule has 3 aromatic carbocycles. The zero-order valence-corrected chi connectivity index (χ0v) is 18.3. The minimum atomic E-state index is -0.506. The summed E-state index contributed by atoms with van der Waals surface area (Å²) >= 11 is 13.4. The van der Waals surface area contributed by atoms with E-state index < -0.39 is 5.97 Å². The number of aromatic nitrogens is 1. The molecule has 0 saturated heterocycles. The van der Waals surface area contributed by atoms with Gasteiger partial charge in [0.1, 0.15) is 5.75 Å². The molecule has 4 aromatic rings. The predicted molar refractivity (Wildman–Crippen MR) is 127 cm³/mol. The average molecular weight is 468 g/mol. The molecule has 0 aliphatic heterocycles. The van der Waals surface area contributed by atoms with Gasteiger partial charge in [-0.3, -0.25) is 5.43 Å². The Kier molecular flexibility index (Phi) is 6.62. The first-order valence-corrected chi connectivity index (χ1v) is 10.8. The molecule has 5 nitrogen and oxygen atoms in total. The van der Waals surface area contributed by atoms with Crippen LogP contribution in [0.3, 0.4) is 0 Å². The quantitative estimate of drug-likeness (QED) is 0.147. The van der Waals surface area contributed by atoms with Gasteiger partial charge < -0.3 is 4.74 Å². The van der Waals surface area contributed by atoms with Gasteiger partial charge in [0.25, 0.3) is 0 Å². The molecule has 1 heterocycles. The molecule has 0 aliphatic rings. The third kappa shape index (κ3) is 5.49. The van der Waals surface area contributed by atoms with Gasteiger partial charge in [-0.2, -0.15) is 5.10 Å². The molecule has 0 spiro atoms. The molecule has 154 valence electrons. The fraction of sp³-hybridized carbons (Fsp3) is 0. The summed E-state index contributed by atoms with van der Waals surface area (Å²) in [4.78, 5) is 16.7. The fourth-order valence-electron chi connectivity index (χ4n) is 2.65. The van der Waals surface area contributed by atoms with Crippen LogP contribution in [0.1, 0.15) is 15.9 Å². The standard InChI is InChI=1S/C23H15Cl2N3O2S/c24-17-9-7-16(8-10-17)21-14-31-23(27-21)28-26-13-15-5-11-18(12-6-15)30-22(29)19-3-1-2-4-20(19)25/h1-14H,(H,27,28)/b26-13-. The number of nitrogens with one attached hydrogen (secondary N) is 1. The Hall–Kier alpha value is -3.19. The maximum Gasteiger partial charge on any atom is 0.345 e. The van der Waals surface area contributed by atoms with Crippen LogP contribution in [0.5, 0.6) is 5.75 Å². The van der Waals surface area contributed by atoms with Crippen molar-refractivity contribution in [2.75, 3.05) is 5.43 Å². The number of benzene rings is 3. The number of hydrogen-bond acceptors (Lipinski definition) is 6. The lowest BCUT2D eigenvalue weighted by molar-refractivity contribution is 0.0735. The summed E-state index contributed by atoms with van der Waals surface area (Å²) in [5, 5.41) is 7.87. The van der Waals surface area contributed by atoms with Crippen molar-refractivity contribution in [1.82, 2.24) is 4.98 Å². The zero-order chi connectivity index (χ0) is 21.6. The third-order valence-corrected chi connectivity index (χ3v) is 5.53. The van der Waals surface area contributed by atoms with Crippen LogP contribution in [0, 0.1) is 0 Å². The maximum atomic E-state index is 12.2. The van der Waals surface area contributed by atoms with Gasteiger partial charge in [-0.25, -0.2) is 9.78 Å². The van der Waals surface area contributed by atoms with E-state index in [1.165, 1.54) is 11.3 Å². The van der Waals surface area contributed by atoms with Crippen molar-refractivity contribution in [2.24, 2.45) is 5.10 Å². The van der Waals surface area contributed by atoms with E-state index in [0.717, 1.165) is 16.8 Å². The van der Waals surface area contributed by atoms with E-state index in [-0.39, 0.29) is 0 Å². The number of rotatable bonds is 6. The van der Waals surface area contributed by atoms with Crippen molar-refractivity contribution in [2.45, 2.75) is 0 Å². The molecule has 4 rings (SSSR count). The molecule has 0 bridgehead atoms. The number of carbonyl (C=O) groups excluding carboxylic acids is 1. The van der Waals surface area contributed by atoms with Gasteiger partial charge >= 0.3 is 5.97 Å². The van der Waals surface area contributed by atoms with Crippen molar-refractivity contribution in [3.63, 3.8) is 0 Å². The highest BCUT2D eigenvalue weighted by molar-refractivity contribution is 7.14. The number of halogens is 2. The number of nitrogens with zero attached hydrogens (tertiary/aromatic N) is 2. The number of ether oxygens (including phenoxy) is 1. The summed E-state index contributed by atoms with van der Waals surface area (Å²) in [6.45, 7) is 0. The second-order valence-corrected chi connectivity index (χ2v) is 8.05. The molecule has 0 unspecified atom stereocenters. The highest BCUT2D eigenvalue weighted by Gasteiger charge is 2.12. The lowest BCUT2D eigenvalue weighted by atomic mass is 10.2. The second kappa shape index (κ2) is 9.75. The second-order valence-electron chi connectivity index (χ2n) is 6.35. The maximum absolute atomic E-state index is 12.2. The lowest BCUT2D eigenvalue weighted by Gasteiger charge is -2.05. The zero-order valence-electron chi connectivity index (χ0n) is 16.0. The number of esters is 1. The molecule has 0 fully saturated rings. The van der Waals surface area contributed by atoms with Gasteiger partial charge in [0.05, 0.1) is 22.5 Å². The molecule has 0 amide bonds. The summed E-state index contributed by atoms with van der Waals surface area (Å²) in [7, 11) is 0. The minimum Gasteiger partial charge on any atom is -0.423 e. The van der Waals surface area contributed by atoms with Crippen molar-refractivity contribution >= 4 is 51.9 Å². The van der Waals surface area contributed by atoms with E-state index in [1.54, 1.807) is 54.7 Å². The van der Waals surface area contributed by atoms with Crippen molar-refractivity contribution in [3.05, 3.63) is 99.3 Å². The first-order valence-electron chi connectivity index (χ1n) is 9.16. The number of hydrogen-bond donors (Lipinski definition) is 1. The smallest absolute Gasteiger partial charge is 0.345 e. The number of anilines is 1. The van der Waals surface area contributed by atoms with Crippen LogP contribution in [-0.2, 0) is 0 Å². The Bertz CT molecular complexity index is 1220. The van der Waals surface area contributed by atoms with E-state index in [0.29, 0.717) is 26.5 Å². The summed E-state index contributed by atoms with van der Waals surface area (Å²) in [6.07, 6.45) is 1.66. The Morgan fingerprint density at radius 3 is 2.48 bits per heavy atom. The van der Waals surface area contributed by atoms with Gasteiger partial charge in [-0.15, -0.1) is 11.3 Å². The molecule has 0 aliphatic carbocycles. The number of carbonyl (C=O) groups is 1. The first kappa shape index (κ1) is 21.1. The Morgan fingerprint density at radius 2 is 1.74 bits per heavy atom. The summed E-state index contributed by atoms with van der Waals surface area (Å²) in [6, 6.07) is 21.2. The number of thiazole rings is 1. The molecular formula is C23H15Cl2N3O2S. The van der Waals surface area contributed by atoms with Crippen LogP contribution in [-0.4, -0.2) is 17.2 Å².